The fourth-order valence-corrected chi connectivity index (χ4v) is 2.28. The fourth-order valence-electron chi connectivity index (χ4n) is 1.92. The first-order valence-electron chi connectivity index (χ1n) is 6.43. The molecule has 0 saturated heterocycles. The van der Waals surface area contributed by atoms with Crippen molar-refractivity contribution in [1.82, 2.24) is 15.1 Å². The zero-order chi connectivity index (χ0) is 13.8. The molecule has 0 saturated carbocycles. The molecule has 0 spiro atoms. The molecule has 18 heavy (non-hydrogen) atoms. The van der Waals surface area contributed by atoms with Crippen molar-refractivity contribution in [3.63, 3.8) is 0 Å². The van der Waals surface area contributed by atoms with Crippen LogP contribution in [-0.4, -0.2) is 28.0 Å². The fraction of sp³-hybridized carbons (Fsp3) is 0.769. The highest BCUT2D eigenvalue weighted by molar-refractivity contribution is 6.31. The first-order chi connectivity index (χ1) is 8.41. The predicted molar refractivity (Wildman–Crippen MR) is 74.8 cm³/mol. The third kappa shape index (κ3) is 3.97. The van der Waals surface area contributed by atoms with Gasteiger partial charge in [-0.2, -0.15) is 5.10 Å². The lowest BCUT2D eigenvalue weighted by atomic mass is 9.90. The Labute approximate surface area is 114 Å². The van der Waals surface area contributed by atoms with Crippen LogP contribution in [0.4, 0.5) is 0 Å². The second kappa shape index (κ2) is 6.55. The zero-order valence-corrected chi connectivity index (χ0v) is 12.5. The minimum Gasteiger partial charge on any atom is -0.396 e. The number of nitrogens with zero attached hydrogens (tertiary/aromatic N) is 2. The van der Waals surface area contributed by atoms with E-state index in [2.05, 4.69) is 31.2 Å². The second-order valence-electron chi connectivity index (χ2n) is 5.43. The number of hydrogen-bond donors (Lipinski definition) is 2. The molecule has 1 rings (SSSR count). The van der Waals surface area contributed by atoms with Crippen LogP contribution in [0.25, 0.3) is 0 Å². The Morgan fingerprint density at radius 3 is 2.61 bits per heavy atom. The van der Waals surface area contributed by atoms with Gasteiger partial charge in [0, 0.05) is 26.7 Å². The van der Waals surface area contributed by atoms with E-state index in [1.54, 1.807) is 0 Å². The average molecular weight is 274 g/mol. The average Bonchev–Trinajstić information content (AvgIpc) is 2.55. The highest BCUT2D eigenvalue weighted by Gasteiger charge is 2.18. The smallest absolute Gasteiger partial charge is 0.0863 e. The number of aromatic nitrogens is 2. The topological polar surface area (TPSA) is 50.1 Å². The van der Waals surface area contributed by atoms with Crippen molar-refractivity contribution < 1.29 is 5.11 Å². The summed E-state index contributed by atoms with van der Waals surface area (Å²) >= 11 is 6.28. The minimum absolute atomic E-state index is 0.0907. The van der Waals surface area contributed by atoms with Crippen molar-refractivity contribution in [1.29, 1.82) is 0 Å². The third-order valence-electron chi connectivity index (χ3n) is 3.19. The maximum atomic E-state index is 8.98. The molecule has 5 heteroatoms. The predicted octanol–water partition coefficient (Wildman–Crippen LogP) is 2.13. The SMILES string of the molecule is CCc1nn(C)c(CNCC(C)(C)CCO)c1Cl. The van der Waals surface area contributed by atoms with Gasteiger partial charge in [-0.25, -0.2) is 0 Å². The van der Waals surface area contributed by atoms with Gasteiger partial charge in [0.05, 0.1) is 16.4 Å². The third-order valence-corrected chi connectivity index (χ3v) is 3.62. The molecule has 0 fully saturated rings. The summed E-state index contributed by atoms with van der Waals surface area (Å²) in [4.78, 5) is 0. The van der Waals surface area contributed by atoms with Crippen LogP contribution in [0.1, 0.15) is 38.6 Å². The molecule has 0 aromatic carbocycles. The summed E-state index contributed by atoms with van der Waals surface area (Å²) in [6, 6.07) is 0. The van der Waals surface area contributed by atoms with Crippen molar-refractivity contribution in [2.24, 2.45) is 12.5 Å². The molecular formula is C13H24ClN3O. The molecule has 0 aliphatic carbocycles. The van der Waals surface area contributed by atoms with Gasteiger partial charge in [0.2, 0.25) is 0 Å². The van der Waals surface area contributed by atoms with Gasteiger partial charge < -0.3 is 10.4 Å². The van der Waals surface area contributed by atoms with Gasteiger partial charge in [-0.15, -0.1) is 0 Å². The van der Waals surface area contributed by atoms with Crippen LogP contribution in [0, 0.1) is 5.41 Å². The van der Waals surface area contributed by atoms with Crippen molar-refractivity contribution >= 4 is 11.6 Å². The number of aryl methyl sites for hydroxylation is 2. The molecule has 0 bridgehead atoms. The molecule has 1 aromatic rings. The molecule has 0 aliphatic rings. The first kappa shape index (κ1) is 15.5. The summed E-state index contributed by atoms with van der Waals surface area (Å²) in [5, 5.41) is 17.5. The van der Waals surface area contributed by atoms with E-state index >= 15 is 0 Å². The summed E-state index contributed by atoms with van der Waals surface area (Å²) in [6.07, 6.45) is 1.64. The maximum absolute atomic E-state index is 8.98. The van der Waals surface area contributed by atoms with E-state index in [0.717, 1.165) is 35.8 Å². The molecule has 1 heterocycles. The van der Waals surface area contributed by atoms with Crippen LogP contribution in [0.3, 0.4) is 0 Å². The molecule has 0 unspecified atom stereocenters. The largest absolute Gasteiger partial charge is 0.396 e. The highest BCUT2D eigenvalue weighted by atomic mass is 35.5. The second-order valence-corrected chi connectivity index (χ2v) is 5.80. The first-order valence-corrected chi connectivity index (χ1v) is 6.81. The van der Waals surface area contributed by atoms with E-state index in [4.69, 9.17) is 16.7 Å². The molecular weight excluding hydrogens is 250 g/mol. The molecule has 0 atom stereocenters. The number of hydrogen-bond acceptors (Lipinski definition) is 3. The van der Waals surface area contributed by atoms with E-state index in [9.17, 15) is 0 Å². The molecule has 1 aromatic heterocycles. The van der Waals surface area contributed by atoms with E-state index in [1.165, 1.54) is 0 Å². The maximum Gasteiger partial charge on any atom is 0.0863 e. The van der Waals surface area contributed by atoms with E-state index in [0.29, 0.717) is 6.54 Å². The van der Waals surface area contributed by atoms with Gasteiger partial charge >= 0.3 is 0 Å². The molecule has 104 valence electrons. The lowest BCUT2D eigenvalue weighted by Gasteiger charge is -2.24. The number of nitrogens with one attached hydrogen (secondary N) is 1. The molecule has 4 nitrogen and oxygen atoms in total. The van der Waals surface area contributed by atoms with Crippen LogP contribution in [-0.2, 0) is 20.0 Å². The van der Waals surface area contributed by atoms with Gasteiger partial charge in [-0.05, 0) is 18.3 Å². The van der Waals surface area contributed by atoms with Gasteiger partial charge in [0.25, 0.3) is 0 Å². The Hall–Kier alpha value is -0.580. The van der Waals surface area contributed by atoms with Gasteiger partial charge in [-0.3, -0.25) is 4.68 Å². The summed E-state index contributed by atoms with van der Waals surface area (Å²) in [6.45, 7) is 8.10. The number of aliphatic hydroxyl groups excluding tert-OH is 1. The van der Waals surface area contributed by atoms with Crippen LogP contribution in [0.5, 0.6) is 0 Å². The van der Waals surface area contributed by atoms with Crippen molar-refractivity contribution in [3.05, 3.63) is 16.4 Å². The molecule has 2 N–H and O–H groups in total. The van der Waals surface area contributed by atoms with Crippen molar-refractivity contribution in [3.8, 4) is 0 Å². The zero-order valence-electron chi connectivity index (χ0n) is 11.8. The molecule has 0 aliphatic heterocycles. The van der Waals surface area contributed by atoms with Crippen LogP contribution >= 0.6 is 11.6 Å². The summed E-state index contributed by atoms with van der Waals surface area (Å²) in [5.41, 5.74) is 2.06. The van der Waals surface area contributed by atoms with Crippen molar-refractivity contribution in [2.45, 2.75) is 40.2 Å². The van der Waals surface area contributed by atoms with E-state index < -0.39 is 0 Å². The van der Waals surface area contributed by atoms with Gasteiger partial charge in [0.1, 0.15) is 0 Å². The summed E-state index contributed by atoms with van der Waals surface area (Å²) in [5.74, 6) is 0. The van der Waals surface area contributed by atoms with Gasteiger partial charge in [-0.1, -0.05) is 32.4 Å². The lowest BCUT2D eigenvalue weighted by molar-refractivity contribution is 0.206. The number of rotatable bonds is 7. The standard InChI is InChI=1S/C13H24ClN3O/c1-5-10-12(14)11(17(4)16-10)8-15-9-13(2,3)6-7-18/h15,18H,5-9H2,1-4H3. The van der Waals surface area contributed by atoms with E-state index in [1.807, 2.05) is 11.7 Å². The van der Waals surface area contributed by atoms with E-state index in [-0.39, 0.29) is 12.0 Å². The van der Waals surface area contributed by atoms with Gasteiger partial charge in [0.15, 0.2) is 0 Å². The summed E-state index contributed by atoms with van der Waals surface area (Å²) < 4.78 is 1.84. The quantitative estimate of drug-likeness (QED) is 0.800. The molecule has 0 amide bonds. The van der Waals surface area contributed by atoms with Crippen molar-refractivity contribution in [2.75, 3.05) is 13.2 Å². The Kier molecular flexibility index (Phi) is 5.63. The Balaban J connectivity index is 2.56. The Morgan fingerprint density at radius 2 is 2.11 bits per heavy atom. The Bertz CT molecular complexity index is 388. The lowest BCUT2D eigenvalue weighted by Crippen LogP contribution is -2.30. The van der Waals surface area contributed by atoms with Crippen LogP contribution in [0.2, 0.25) is 5.02 Å². The summed E-state index contributed by atoms with van der Waals surface area (Å²) in [7, 11) is 1.92. The number of halogens is 1. The minimum atomic E-state index is 0.0907. The molecule has 0 radical (unpaired) electrons. The monoisotopic (exact) mass is 273 g/mol. The highest BCUT2D eigenvalue weighted by Crippen LogP contribution is 2.22. The van der Waals surface area contributed by atoms with Crippen LogP contribution in [0.15, 0.2) is 0 Å². The Morgan fingerprint density at radius 1 is 1.44 bits per heavy atom. The normalized spacial score (nSPS) is 12.1. The van der Waals surface area contributed by atoms with Crippen LogP contribution < -0.4 is 5.32 Å². The number of aliphatic hydroxyl groups is 1.